The number of hydrogen-bond donors (Lipinski definition) is 0. The lowest BCUT2D eigenvalue weighted by Gasteiger charge is -2.27. The Kier molecular flexibility index (Phi) is 4.04. The molecule has 1 fully saturated rings. The third kappa shape index (κ3) is 2.51. The predicted molar refractivity (Wildman–Crippen MR) is 83.5 cm³/mol. The summed E-state index contributed by atoms with van der Waals surface area (Å²) in [6.45, 7) is 0.816. The summed E-state index contributed by atoms with van der Waals surface area (Å²) in [5.74, 6) is 1.72. The zero-order valence-corrected chi connectivity index (χ0v) is 13.3. The Labute approximate surface area is 127 Å². The molecule has 0 radical (unpaired) electrons. The van der Waals surface area contributed by atoms with Gasteiger partial charge in [-0.05, 0) is 59.0 Å². The topological polar surface area (TPSA) is 9.23 Å². The van der Waals surface area contributed by atoms with Gasteiger partial charge in [-0.1, -0.05) is 19.3 Å². The molecule has 18 heavy (non-hydrogen) atoms. The van der Waals surface area contributed by atoms with Crippen LogP contribution in [0.2, 0.25) is 0 Å². The molecule has 0 bridgehead atoms. The fourth-order valence-electron chi connectivity index (χ4n) is 3.18. The summed E-state index contributed by atoms with van der Waals surface area (Å²) in [6.07, 6.45) is 7.62. The Morgan fingerprint density at radius 2 is 2.00 bits per heavy atom. The van der Waals surface area contributed by atoms with Crippen LogP contribution in [0.25, 0.3) is 0 Å². The quantitative estimate of drug-likeness (QED) is 0.516. The zero-order chi connectivity index (χ0) is 12.5. The van der Waals surface area contributed by atoms with Gasteiger partial charge in [0.2, 0.25) is 0 Å². The van der Waals surface area contributed by atoms with Gasteiger partial charge in [0.05, 0.1) is 12.0 Å². The van der Waals surface area contributed by atoms with E-state index in [9.17, 15) is 0 Å². The van der Waals surface area contributed by atoms with Gasteiger partial charge >= 0.3 is 0 Å². The minimum absolute atomic E-state index is 0.131. The van der Waals surface area contributed by atoms with Gasteiger partial charge in [-0.15, -0.1) is 11.6 Å². The van der Waals surface area contributed by atoms with Crippen molar-refractivity contribution < 1.29 is 4.74 Å². The molecule has 1 aliphatic heterocycles. The molecule has 1 atom stereocenters. The van der Waals surface area contributed by atoms with Crippen LogP contribution in [-0.4, -0.2) is 6.61 Å². The lowest BCUT2D eigenvalue weighted by molar-refractivity contribution is 0.329. The highest BCUT2D eigenvalue weighted by Crippen LogP contribution is 2.45. The molecule has 0 saturated heterocycles. The van der Waals surface area contributed by atoms with Crippen molar-refractivity contribution in [1.82, 2.24) is 0 Å². The van der Waals surface area contributed by atoms with Gasteiger partial charge < -0.3 is 4.74 Å². The molecule has 1 aromatic rings. The zero-order valence-electron chi connectivity index (χ0n) is 10.4. The van der Waals surface area contributed by atoms with Crippen molar-refractivity contribution >= 4 is 34.2 Å². The average Bonchev–Trinajstić information content (AvgIpc) is 2.86. The Hall–Kier alpha value is 0.0400. The van der Waals surface area contributed by atoms with Gasteiger partial charge in [-0.3, -0.25) is 0 Å². The van der Waals surface area contributed by atoms with Crippen LogP contribution in [0.4, 0.5) is 0 Å². The number of benzene rings is 1. The van der Waals surface area contributed by atoms with E-state index in [0.29, 0.717) is 5.92 Å². The van der Waals surface area contributed by atoms with Crippen LogP contribution in [0.5, 0.6) is 5.75 Å². The van der Waals surface area contributed by atoms with Crippen molar-refractivity contribution in [2.75, 3.05) is 6.61 Å². The highest BCUT2D eigenvalue weighted by atomic mass is 127. The summed E-state index contributed by atoms with van der Waals surface area (Å²) in [5.41, 5.74) is 2.58. The monoisotopic (exact) mass is 376 g/mol. The van der Waals surface area contributed by atoms with E-state index in [4.69, 9.17) is 16.3 Å². The van der Waals surface area contributed by atoms with Crippen LogP contribution in [0.15, 0.2) is 12.1 Å². The molecule has 0 N–H and O–H groups in total. The molecule has 3 rings (SSSR count). The largest absolute Gasteiger partial charge is 0.493 e. The summed E-state index contributed by atoms with van der Waals surface area (Å²) in [7, 11) is 0. The highest BCUT2D eigenvalue weighted by Gasteiger charge is 2.28. The van der Waals surface area contributed by atoms with Crippen molar-refractivity contribution in [2.45, 2.75) is 43.9 Å². The SMILES string of the molecule is ClC(c1cc(I)cc2c1OCC2)C1CCCCC1. The maximum Gasteiger partial charge on any atom is 0.127 e. The number of alkyl halides is 1. The second kappa shape index (κ2) is 5.58. The number of hydrogen-bond acceptors (Lipinski definition) is 1. The molecule has 1 saturated carbocycles. The van der Waals surface area contributed by atoms with Gasteiger partial charge in [-0.2, -0.15) is 0 Å². The molecule has 0 amide bonds. The number of ether oxygens (including phenoxy) is 1. The van der Waals surface area contributed by atoms with E-state index in [-0.39, 0.29) is 5.38 Å². The maximum atomic E-state index is 6.76. The molecule has 1 aliphatic carbocycles. The van der Waals surface area contributed by atoms with E-state index in [1.54, 1.807) is 0 Å². The molecule has 1 unspecified atom stereocenters. The lowest BCUT2D eigenvalue weighted by atomic mass is 9.84. The molecule has 3 heteroatoms. The van der Waals surface area contributed by atoms with Crippen LogP contribution in [0.1, 0.15) is 48.6 Å². The van der Waals surface area contributed by atoms with Crippen LogP contribution in [0, 0.1) is 9.49 Å². The summed E-state index contributed by atoms with van der Waals surface area (Å²) in [6, 6.07) is 4.45. The fourth-order valence-corrected chi connectivity index (χ4v) is 4.31. The number of fused-ring (bicyclic) bond motifs is 1. The first-order chi connectivity index (χ1) is 8.75. The van der Waals surface area contributed by atoms with Gasteiger partial charge in [0.25, 0.3) is 0 Å². The lowest BCUT2D eigenvalue weighted by Crippen LogP contribution is -2.13. The van der Waals surface area contributed by atoms with Gasteiger partial charge in [-0.25, -0.2) is 0 Å². The molecule has 0 aromatic heterocycles. The third-order valence-electron chi connectivity index (χ3n) is 4.14. The normalized spacial score (nSPS) is 21.4. The van der Waals surface area contributed by atoms with Crippen molar-refractivity contribution in [3.63, 3.8) is 0 Å². The van der Waals surface area contributed by atoms with E-state index in [0.717, 1.165) is 18.8 Å². The number of halogens is 2. The fraction of sp³-hybridized carbons (Fsp3) is 0.600. The van der Waals surface area contributed by atoms with E-state index < -0.39 is 0 Å². The van der Waals surface area contributed by atoms with Crippen molar-refractivity contribution in [3.8, 4) is 5.75 Å². The molecule has 2 aliphatic rings. The molecule has 1 heterocycles. The van der Waals surface area contributed by atoms with Gasteiger partial charge in [0.1, 0.15) is 5.75 Å². The second-order valence-corrected chi connectivity index (χ2v) is 7.10. The smallest absolute Gasteiger partial charge is 0.127 e. The Balaban J connectivity index is 1.91. The first-order valence-electron chi connectivity index (χ1n) is 6.85. The van der Waals surface area contributed by atoms with Crippen LogP contribution < -0.4 is 4.74 Å². The third-order valence-corrected chi connectivity index (χ3v) is 5.35. The molecule has 98 valence electrons. The molecular formula is C15H18ClIO. The molecular weight excluding hydrogens is 359 g/mol. The molecule has 1 aromatic carbocycles. The minimum Gasteiger partial charge on any atom is -0.493 e. The number of rotatable bonds is 2. The molecule has 1 nitrogen and oxygen atoms in total. The summed E-state index contributed by atoms with van der Waals surface area (Å²) < 4.78 is 7.09. The summed E-state index contributed by atoms with van der Waals surface area (Å²) >= 11 is 9.15. The Morgan fingerprint density at radius 3 is 2.78 bits per heavy atom. The molecule has 0 spiro atoms. The average molecular weight is 377 g/mol. The van der Waals surface area contributed by atoms with Gasteiger partial charge in [0.15, 0.2) is 0 Å². The summed E-state index contributed by atoms with van der Waals surface area (Å²) in [4.78, 5) is 0. The van der Waals surface area contributed by atoms with Crippen molar-refractivity contribution in [1.29, 1.82) is 0 Å². The maximum absolute atomic E-state index is 6.76. The Morgan fingerprint density at radius 1 is 1.22 bits per heavy atom. The van der Waals surface area contributed by atoms with Crippen molar-refractivity contribution in [3.05, 3.63) is 26.8 Å². The van der Waals surface area contributed by atoms with Crippen molar-refractivity contribution in [2.24, 2.45) is 5.92 Å². The second-order valence-electron chi connectivity index (χ2n) is 5.38. The summed E-state index contributed by atoms with van der Waals surface area (Å²) in [5, 5.41) is 0.131. The predicted octanol–water partition coefficient (Wildman–Crippen LogP) is 5.09. The first-order valence-corrected chi connectivity index (χ1v) is 8.36. The standard InChI is InChI=1S/C15H18ClIO/c16-14(10-4-2-1-3-5-10)13-9-12(17)8-11-6-7-18-15(11)13/h8-10,14H,1-7H2. The van der Waals surface area contributed by atoms with E-state index in [1.807, 2.05) is 0 Å². The first kappa shape index (κ1) is 13.0. The Bertz CT molecular complexity index is 440. The van der Waals surface area contributed by atoms with Crippen LogP contribution in [0.3, 0.4) is 0 Å². The van der Waals surface area contributed by atoms with Gasteiger partial charge in [0, 0.05) is 15.6 Å². The van der Waals surface area contributed by atoms with E-state index in [1.165, 1.54) is 46.8 Å². The van der Waals surface area contributed by atoms with E-state index in [2.05, 4.69) is 34.7 Å². The minimum atomic E-state index is 0.131. The highest BCUT2D eigenvalue weighted by molar-refractivity contribution is 14.1. The van der Waals surface area contributed by atoms with Crippen LogP contribution >= 0.6 is 34.2 Å². The van der Waals surface area contributed by atoms with Crippen LogP contribution in [-0.2, 0) is 6.42 Å². The van der Waals surface area contributed by atoms with E-state index >= 15 is 0 Å².